The van der Waals surface area contributed by atoms with Gasteiger partial charge in [0.15, 0.2) is 35.3 Å². The number of aromatic nitrogens is 6. The topological polar surface area (TPSA) is 89.7 Å². The first-order valence-electron chi connectivity index (χ1n) is 33.1. The van der Waals surface area contributed by atoms with E-state index in [4.69, 9.17) is 22.8 Å². The third-order valence-corrected chi connectivity index (χ3v) is 16.8. The molecule has 0 spiro atoms. The highest BCUT2D eigenvalue weighted by atomic mass is 19.1. The minimum Gasteiger partial charge on any atom is -0.437 e. The molecule has 1 unspecified atom stereocenters. The summed E-state index contributed by atoms with van der Waals surface area (Å²) in [4.78, 5) is 13.7. The van der Waals surface area contributed by atoms with Gasteiger partial charge in [0.05, 0.1) is 16.7 Å². The molecular weight excluding hydrogens is 1100 g/mol. The van der Waals surface area contributed by atoms with Gasteiger partial charge in [-0.2, -0.15) is 0 Å². The van der Waals surface area contributed by atoms with E-state index in [1.165, 1.54) is 19.1 Å². The van der Waals surface area contributed by atoms with E-state index in [0.717, 1.165) is 150 Å². The molecule has 10 heteroatoms. The molecule has 0 aliphatic carbocycles. The van der Waals surface area contributed by atoms with Crippen molar-refractivity contribution in [1.82, 2.24) is 15.0 Å². The first-order chi connectivity index (χ1) is 45.7. The number of hydrogen-bond donors (Lipinski definition) is 0. The number of rotatable bonds is 7. The van der Waals surface area contributed by atoms with E-state index in [1.807, 2.05) is 84.4 Å². The van der Waals surface area contributed by atoms with Crippen LogP contribution in [0.2, 0.25) is 0 Å². The molecule has 0 aliphatic rings. The lowest BCUT2D eigenvalue weighted by molar-refractivity contribution is -0.660. The van der Waals surface area contributed by atoms with E-state index < -0.39 is 19.6 Å². The first kappa shape index (κ1) is 49.6. The van der Waals surface area contributed by atoms with Crippen LogP contribution >= 0.6 is 0 Å². The highest BCUT2D eigenvalue weighted by Crippen LogP contribution is 2.40. The van der Waals surface area contributed by atoms with Gasteiger partial charge in [0.25, 0.3) is 0 Å². The second-order valence-electron chi connectivity index (χ2n) is 23.2. The van der Waals surface area contributed by atoms with Gasteiger partial charge in [-0.25, -0.2) is 33.0 Å². The highest BCUT2D eigenvalue weighted by Gasteiger charge is 2.25. The number of halogens is 1. The standard InChI is InChI=1S/C28H27N2O.C26H23N2O.C25H20FN2O/c1-17(2)20-8-10-21(11-9-20)22-12-15-25(30(5)16-22)26-18(3)6-13-23-24-14-7-19(4)29-28(24)31-27(23)26;1-16-5-9-19(10-6-16)20-11-14-23(28(4)15-20)24-17(2)7-12-21-22-13-8-18(3)27-26(22)29-25(21)24;1-15-4-11-20-21-12-5-16(2)27-25(21)29-24(20)23(15)22-13-8-18(14-28(22)3)17-6-9-19(26)10-7-17/h6-17H,1-5H3;5-15H,1-4H3;4-14H,1-3H3/q3*+1/i1D3,17D;1D3;. The smallest absolute Gasteiger partial charge is 0.227 e. The Morgan fingerprint density at radius 2 is 0.697 bits per heavy atom. The van der Waals surface area contributed by atoms with Gasteiger partial charge in [0, 0.05) is 93.9 Å². The molecule has 0 N–H and O–H groups in total. The number of pyridine rings is 6. The average Bonchev–Trinajstić information content (AvgIpc) is 1.60. The summed E-state index contributed by atoms with van der Waals surface area (Å²) in [7, 11) is 6.04. The molecule has 6 aromatic carbocycles. The minimum atomic E-state index is -2.40. The van der Waals surface area contributed by atoms with Gasteiger partial charge in [0.1, 0.15) is 27.0 Å². The number of hydrogen-bond acceptors (Lipinski definition) is 6. The molecule has 438 valence electrons. The van der Waals surface area contributed by atoms with E-state index >= 15 is 0 Å². The lowest BCUT2D eigenvalue weighted by Gasteiger charge is -2.09. The van der Waals surface area contributed by atoms with Crippen molar-refractivity contribution in [1.29, 1.82) is 0 Å². The summed E-state index contributed by atoms with van der Waals surface area (Å²) in [5.41, 5.74) is 23.6. The normalized spacial score (nSPS) is 13.6. The summed E-state index contributed by atoms with van der Waals surface area (Å²) >= 11 is 0. The monoisotopic (exact) mass is 1180 g/mol. The number of fused-ring (bicyclic) bond motifs is 9. The average molecular weight is 1180 g/mol. The lowest BCUT2D eigenvalue weighted by Crippen LogP contribution is -2.31. The largest absolute Gasteiger partial charge is 0.437 e. The molecule has 0 saturated carbocycles. The first-order valence-corrected chi connectivity index (χ1v) is 29.6. The molecule has 0 amide bonds. The van der Waals surface area contributed by atoms with Crippen LogP contribution < -0.4 is 13.7 Å². The van der Waals surface area contributed by atoms with Crippen molar-refractivity contribution in [3.63, 3.8) is 0 Å². The predicted molar refractivity (Wildman–Crippen MR) is 358 cm³/mol. The number of nitrogens with zero attached hydrogens (tertiary/aromatic N) is 6. The fourth-order valence-electron chi connectivity index (χ4n) is 12.0. The summed E-state index contributed by atoms with van der Waals surface area (Å²) in [6.45, 7) is 9.08. The molecule has 15 rings (SSSR count). The Morgan fingerprint density at radius 1 is 0.382 bits per heavy atom. The summed E-state index contributed by atoms with van der Waals surface area (Å²) in [6.07, 6.45) is 6.17. The maximum atomic E-state index is 13.3. The van der Waals surface area contributed by atoms with Crippen molar-refractivity contribution < 1.29 is 40.9 Å². The Kier molecular flexibility index (Phi) is 13.0. The van der Waals surface area contributed by atoms with Gasteiger partial charge in [-0.3, -0.25) is 0 Å². The van der Waals surface area contributed by atoms with Crippen molar-refractivity contribution in [2.24, 2.45) is 21.1 Å². The molecule has 89 heavy (non-hydrogen) atoms. The van der Waals surface area contributed by atoms with Gasteiger partial charge >= 0.3 is 0 Å². The molecule has 9 nitrogen and oxygen atoms in total. The Balaban J connectivity index is 0.000000131. The van der Waals surface area contributed by atoms with Crippen LogP contribution in [-0.2, 0) is 21.1 Å². The highest BCUT2D eigenvalue weighted by molar-refractivity contribution is 6.11. The lowest BCUT2D eigenvalue weighted by atomic mass is 9.98. The molecule has 0 fully saturated rings. The van der Waals surface area contributed by atoms with Gasteiger partial charge in [0.2, 0.25) is 34.2 Å². The third-order valence-electron chi connectivity index (χ3n) is 16.8. The van der Waals surface area contributed by atoms with Crippen molar-refractivity contribution in [2.75, 3.05) is 0 Å². The maximum Gasteiger partial charge on any atom is 0.227 e. The van der Waals surface area contributed by atoms with Crippen molar-refractivity contribution in [2.45, 2.75) is 68.1 Å². The minimum absolute atomic E-state index is 0.231. The van der Waals surface area contributed by atoms with Gasteiger partial charge in [-0.1, -0.05) is 116 Å². The van der Waals surface area contributed by atoms with Crippen LogP contribution in [0.1, 0.15) is 74.2 Å². The summed E-state index contributed by atoms with van der Waals surface area (Å²) in [5.74, 6) is -1.89. The zero-order chi connectivity index (χ0) is 67.9. The summed E-state index contributed by atoms with van der Waals surface area (Å²) in [5, 5.41) is 6.20. The van der Waals surface area contributed by atoms with E-state index in [1.54, 1.807) is 36.4 Å². The molecular formula is C79H70FN6O3+3. The molecule has 1 atom stereocenters. The van der Waals surface area contributed by atoms with E-state index in [-0.39, 0.29) is 5.82 Å². The quantitative estimate of drug-likeness (QED) is 0.148. The van der Waals surface area contributed by atoms with Crippen LogP contribution in [0.4, 0.5) is 4.39 Å². The maximum absolute atomic E-state index is 13.3. The molecule has 0 radical (unpaired) electrons. The Hall–Kier alpha value is -10.5. The molecule has 0 saturated heterocycles. The zero-order valence-electron chi connectivity index (χ0n) is 58.3. The second-order valence-corrected chi connectivity index (χ2v) is 23.2. The molecule has 0 bridgehead atoms. The summed E-state index contributed by atoms with van der Waals surface area (Å²) in [6, 6.07) is 58.1. The summed E-state index contributed by atoms with van der Waals surface area (Å²) < 4.78 is 92.2. The molecule has 15 aromatic rings. The van der Waals surface area contributed by atoms with Gasteiger partial charge < -0.3 is 13.3 Å². The van der Waals surface area contributed by atoms with Gasteiger partial charge in [-0.15, -0.1) is 0 Å². The molecule has 9 aromatic heterocycles. The Bertz CT molecular complexity index is 5540. The third kappa shape index (κ3) is 11.0. The van der Waals surface area contributed by atoms with Crippen LogP contribution in [0.15, 0.2) is 214 Å². The number of aryl methyl sites for hydroxylation is 10. The van der Waals surface area contributed by atoms with Crippen LogP contribution in [0.3, 0.4) is 0 Å². The van der Waals surface area contributed by atoms with Gasteiger partial charge in [-0.05, 0) is 160 Å². The van der Waals surface area contributed by atoms with Crippen LogP contribution in [0.25, 0.3) is 133 Å². The van der Waals surface area contributed by atoms with Crippen LogP contribution in [0, 0.1) is 54.2 Å². The van der Waals surface area contributed by atoms with E-state index in [0.29, 0.717) is 28.3 Å². The van der Waals surface area contributed by atoms with E-state index in [9.17, 15) is 4.39 Å². The fraction of sp³-hybridized carbons (Fsp3) is 0.165. The number of benzene rings is 6. The fourth-order valence-corrected chi connectivity index (χ4v) is 12.0. The van der Waals surface area contributed by atoms with Crippen LogP contribution in [0.5, 0.6) is 0 Å². The van der Waals surface area contributed by atoms with Crippen molar-refractivity contribution >= 4 is 66.2 Å². The molecule has 9 heterocycles. The zero-order valence-corrected chi connectivity index (χ0v) is 51.3. The molecule has 0 aliphatic heterocycles. The predicted octanol–water partition coefficient (Wildman–Crippen LogP) is 18.8. The number of furan rings is 3. The second kappa shape index (κ2) is 23.3. The van der Waals surface area contributed by atoms with Crippen molar-refractivity contribution in [3.8, 4) is 67.2 Å². The van der Waals surface area contributed by atoms with Crippen molar-refractivity contribution in [3.05, 3.63) is 251 Å². The SMILES string of the molecule is Cc1ccc2c(n1)oc1c(-c3ccc(-c4ccc(F)cc4)c[n+]3C)c(C)ccc12.[2H]C([2H])([2H])C([2H])(C)c1ccc(-c2ccc(-c3c(C)ccc4c3oc3nc(C)ccc34)[n+](C)c2)cc1.[2H]C([2H])([2H])c1ccc(-c2ccc(-c3c(C)ccc4c3oc3nc(C)ccc34)[n+](C)c2)cc1. The Morgan fingerprint density at radius 3 is 1.02 bits per heavy atom. The van der Waals surface area contributed by atoms with E-state index in [2.05, 4.69) is 159 Å². The van der Waals surface area contributed by atoms with Crippen LogP contribution in [-0.4, -0.2) is 15.0 Å². The Labute approximate surface area is 527 Å².